The molecule has 3 rings (SSSR count). The maximum absolute atomic E-state index is 10.8. The number of carboxylic acids is 1. The Bertz CT molecular complexity index is 765. The Morgan fingerprint density at radius 1 is 1.05 bits per heavy atom. The summed E-state index contributed by atoms with van der Waals surface area (Å²) in [6.45, 7) is 0. The van der Waals surface area contributed by atoms with Gasteiger partial charge < -0.3 is 15.2 Å². The van der Waals surface area contributed by atoms with Crippen molar-refractivity contribution in [3.63, 3.8) is 0 Å². The van der Waals surface area contributed by atoms with Crippen molar-refractivity contribution in [2.24, 2.45) is 0 Å². The average molecular weight is 295 g/mol. The van der Waals surface area contributed by atoms with Gasteiger partial charge in [-0.25, -0.2) is 9.78 Å². The van der Waals surface area contributed by atoms with Crippen LogP contribution in [0.25, 0.3) is 11.5 Å². The number of aromatic carboxylic acids is 1. The minimum Gasteiger partial charge on any atom is -0.478 e. The molecule has 110 valence electrons. The Kier molecular flexibility index (Phi) is 3.67. The molecule has 22 heavy (non-hydrogen) atoms. The molecule has 2 aromatic heterocycles. The smallest absolute Gasteiger partial charge is 0.335 e. The maximum atomic E-state index is 10.8. The Morgan fingerprint density at radius 2 is 1.77 bits per heavy atom. The number of rotatable bonds is 4. The van der Waals surface area contributed by atoms with Crippen LogP contribution < -0.4 is 0 Å². The van der Waals surface area contributed by atoms with E-state index >= 15 is 0 Å². The van der Waals surface area contributed by atoms with Crippen molar-refractivity contribution in [2.45, 2.75) is 6.10 Å². The zero-order valence-corrected chi connectivity index (χ0v) is 11.5. The van der Waals surface area contributed by atoms with Gasteiger partial charge in [0, 0.05) is 24.2 Å². The van der Waals surface area contributed by atoms with Gasteiger partial charge in [0.2, 0.25) is 0 Å². The van der Waals surface area contributed by atoms with E-state index < -0.39 is 12.1 Å². The number of aromatic nitrogens is 3. The minimum absolute atomic E-state index is 0.183. The molecule has 0 saturated carbocycles. The molecule has 1 aromatic carbocycles. The van der Waals surface area contributed by atoms with Crippen LogP contribution in [0.1, 0.15) is 27.6 Å². The summed E-state index contributed by atoms with van der Waals surface area (Å²) in [6, 6.07) is 9.64. The van der Waals surface area contributed by atoms with Gasteiger partial charge in [-0.15, -0.1) is 0 Å². The van der Waals surface area contributed by atoms with E-state index in [-0.39, 0.29) is 5.56 Å². The highest BCUT2D eigenvalue weighted by Crippen LogP contribution is 2.23. The molecule has 0 radical (unpaired) electrons. The molecule has 6 nitrogen and oxygen atoms in total. The zero-order valence-electron chi connectivity index (χ0n) is 11.5. The fourth-order valence-electron chi connectivity index (χ4n) is 2.11. The van der Waals surface area contributed by atoms with Gasteiger partial charge in [-0.1, -0.05) is 18.2 Å². The van der Waals surface area contributed by atoms with Gasteiger partial charge in [0.05, 0.1) is 5.56 Å². The first-order chi connectivity index (χ1) is 10.6. The minimum atomic E-state index is -0.995. The molecule has 0 spiro atoms. The fourth-order valence-corrected chi connectivity index (χ4v) is 2.11. The lowest BCUT2D eigenvalue weighted by atomic mass is 10.0. The third-order valence-electron chi connectivity index (χ3n) is 3.32. The van der Waals surface area contributed by atoms with Crippen molar-refractivity contribution in [3.8, 4) is 11.5 Å². The number of hydrogen-bond acceptors (Lipinski definition) is 4. The highest BCUT2D eigenvalue weighted by atomic mass is 16.4. The van der Waals surface area contributed by atoms with Crippen LogP contribution in [0.5, 0.6) is 0 Å². The number of imidazole rings is 1. The average Bonchev–Trinajstić information content (AvgIpc) is 3.09. The molecule has 0 saturated heterocycles. The molecule has 2 heterocycles. The van der Waals surface area contributed by atoms with Gasteiger partial charge in [0.1, 0.15) is 11.8 Å². The quantitative estimate of drug-likeness (QED) is 0.685. The van der Waals surface area contributed by atoms with Crippen LogP contribution in [0.4, 0.5) is 0 Å². The van der Waals surface area contributed by atoms with Crippen LogP contribution in [-0.2, 0) is 0 Å². The summed E-state index contributed by atoms with van der Waals surface area (Å²) >= 11 is 0. The van der Waals surface area contributed by atoms with E-state index in [0.29, 0.717) is 22.6 Å². The summed E-state index contributed by atoms with van der Waals surface area (Å²) in [4.78, 5) is 22.2. The second kappa shape index (κ2) is 5.79. The van der Waals surface area contributed by atoms with E-state index in [9.17, 15) is 9.90 Å². The van der Waals surface area contributed by atoms with Crippen molar-refractivity contribution in [2.75, 3.05) is 0 Å². The summed E-state index contributed by atoms with van der Waals surface area (Å²) in [5.41, 5.74) is 2.10. The van der Waals surface area contributed by atoms with E-state index in [0.717, 1.165) is 0 Å². The summed E-state index contributed by atoms with van der Waals surface area (Å²) in [5.74, 6) is -0.336. The fraction of sp³-hybridized carbons (Fsp3) is 0.0625. The highest BCUT2D eigenvalue weighted by molar-refractivity contribution is 5.87. The molecular weight excluding hydrogens is 282 g/mol. The number of aliphatic hydroxyl groups is 1. The Balaban J connectivity index is 1.82. The van der Waals surface area contributed by atoms with Crippen LogP contribution in [0.3, 0.4) is 0 Å². The van der Waals surface area contributed by atoms with Crippen molar-refractivity contribution in [1.82, 2.24) is 15.0 Å². The van der Waals surface area contributed by atoms with E-state index in [4.69, 9.17) is 5.11 Å². The molecule has 0 aliphatic heterocycles. The summed E-state index contributed by atoms with van der Waals surface area (Å²) < 4.78 is 0. The molecule has 0 amide bonds. The van der Waals surface area contributed by atoms with Crippen LogP contribution >= 0.6 is 0 Å². The maximum Gasteiger partial charge on any atom is 0.335 e. The first-order valence-electron chi connectivity index (χ1n) is 6.62. The summed E-state index contributed by atoms with van der Waals surface area (Å²) in [6.07, 6.45) is 4.07. The van der Waals surface area contributed by atoms with Gasteiger partial charge in [-0.05, 0) is 23.8 Å². The van der Waals surface area contributed by atoms with Crippen LogP contribution in [0.2, 0.25) is 0 Å². The molecule has 0 fully saturated rings. The number of nitrogens with zero attached hydrogens (tertiary/aromatic N) is 2. The third-order valence-corrected chi connectivity index (χ3v) is 3.32. The molecular formula is C16H13N3O3. The molecule has 0 aliphatic carbocycles. The number of H-pyrrole nitrogens is 1. The van der Waals surface area contributed by atoms with Crippen LogP contribution in [0, 0.1) is 0 Å². The molecule has 3 N–H and O–H groups in total. The van der Waals surface area contributed by atoms with Crippen molar-refractivity contribution < 1.29 is 15.0 Å². The Hall–Kier alpha value is -2.99. The lowest BCUT2D eigenvalue weighted by Crippen LogP contribution is -2.02. The van der Waals surface area contributed by atoms with Gasteiger partial charge >= 0.3 is 5.97 Å². The zero-order chi connectivity index (χ0) is 15.5. The second-order valence-electron chi connectivity index (χ2n) is 4.74. The number of pyridine rings is 1. The molecule has 6 heteroatoms. The number of carbonyl (C=O) groups is 1. The van der Waals surface area contributed by atoms with Crippen LogP contribution in [0.15, 0.2) is 55.0 Å². The largest absolute Gasteiger partial charge is 0.478 e. The summed E-state index contributed by atoms with van der Waals surface area (Å²) in [5, 5.41) is 19.2. The normalized spacial score (nSPS) is 12.0. The third kappa shape index (κ3) is 2.72. The second-order valence-corrected chi connectivity index (χ2v) is 4.74. The van der Waals surface area contributed by atoms with E-state index in [1.807, 2.05) is 0 Å². The van der Waals surface area contributed by atoms with Gasteiger partial charge in [-0.2, -0.15) is 0 Å². The number of aliphatic hydroxyl groups excluding tert-OH is 1. The molecule has 3 aromatic rings. The SMILES string of the molecule is O=C(O)c1ccc(C(O)c2ccc(-c3ncc[nH]3)nc2)cc1. The van der Waals surface area contributed by atoms with E-state index in [2.05, 4.69) is 15.0 Å². The monoisotopic (exact) mass is 295 g/mol. The number of benzene rings is 1. The molecule has 1 unspecified atom stereocenters. The first-order valence-corrected chi connectivity index (χ1v) is 6.62. The molecule has 0 aliphatic rings. The van der Waals surface area contributed by atoms with Crippen molar-refractivity contribution in [3.05, 3.63) is 71.7 Å². The number of carboxylic acid groups (broad SMARTS) is 1. The highest BCUT2D eigenvalue weighted by Gasteiger charge is 2.12. The van der Waals surface area contributed by atoms with Crippen molar-refractivity contribution >= 4 is 5.97 Å². The number of aromatic amines is 1. The van der Waals surface area contributed by atoms with E-state index in [1.54, 1.807) is 42.9 Å². The standard InChI is InChI=1S/C16H13N3O3/c20-14(10-1-3-11(4-2-10)16(21)22)12-5-6-13(19-9-12)15-17-7-8-18-15/h1-9,14,20H,(H,17,18)(H,21,22). The van der Waals surface area contributed by atoms with Crippen molar-refractivity contribution in [1.29, 1.82) is 0 Å². The lowest BCUT2D eigenvalue weighted by molar-refractivity contribution is 0.0696. The van der Waals surface area contributed by atoms with Gasteiger partial charge in [0.15, 0.2) is 5.82 Å². The van der Waals surface area contributed by atoms with Gasteiger partial charge in [0.25, 0.3) is 0 Å². The lowest BCUT2D eigenvalue weighted by Gasteiger charge is -2.11. The topological polar surface area (TPSA) is 99.1 Å². The predicted molar refractivity (Wildman–Crippen MR) is 79.3 cm³/mol. The van der Waals surface area contributed by atoms with E-state index in [1.165, 1.54) is 12.1 Å². The predicted octanol–water partition coefficient (Wildman–Crippen LogP) is 2.25. The Morgan fingerprint density at radius 3 is 2.32 bits per heavy atom. The molecule has 0 bridgehead atoms. The first kappa shape index (κ1) is 14.0. The Labute approximate surface area is 126 Å². The number of hydrogen-bond donors (Lipinski definition) is 3. The van der Waals surface area contributed by atoms with Crippen LogP contribution in [-0.4, -0.2) is 31.1 Å². The summed E-state index contributed by atoms with van der Waals surface area (Å²) in [7, 11) is 0. The van der Waals surface area contributed by atoms with Gasteiger partial charge in [-0.3, -0.25) is 4.98 Å². The molecule has 1 atom stereocenters. The number of nitrogens with one attached hydrogen (secondary N) is 1.